The van der Waals surface area contributed by atoms with Gasteiger partial charge in [0, 0.05) is 20.1 Å². The first-order valence-corrected chi connectivity index (χ1v) is 10.3. The van der Waals surface area contributed by atoms with Gasteiger partial charge in [0.2, 0.25) is 0 Å². The molecule has 0 bridgehead atoms. The van der Waals surface area contributed by atoms with E-state index < -0.39 is 15.9 Å². The SMILES string of the molecule is CN1C(=O)C(Nc2ccc(N3CCOCC3)nc2)=C(c2ccccc2)S1(=O)=O. The van der Waals surface area contributed by atoms with Crippen molar-refractivity contribution in [3.05, 3.63) is 59.9 Å². The van der Waals surface area contributed by atoms with Crippen molar-refractivity contribution in [2.75, 3.05) is 43.6 Å². The highest BCUT2D eigenvalue weighted by atomic mass is 32.2. The van der Waals surface area contributed by atoms with Gasteiger partial charge in [0.1, 0.15) is 16.4 Å². The van der Waals surface area contributed by atoms with Crippen LogP contribution in [-0.4, -0.2) is 57.0 Å². The van der Waals surface area contributed by atoms with Crippen molar-refractivity contribution in [3.63, 3.8) is 0 Å². The molecule has 1 fully saturated rings. The summed E-state index contributed by atoms with van der Waals surface area (Å²) in [5, 5.41) is 2.96. The highest BCUT2D eigenvalue weighted by Crippen LogP contribution is 2.35. The molecule has 1 aromatic carbocycles. The van der Waals surface area contributed by atoms with Crippen LogP contribution in [0.5, 0.6) is 0 Å². The van der Waals surface area contributed by atoms with E-state index in [1.165, 1.54) is 7.05 Å². The van der Waals surface area contributed by atoms with Crippen molar-refractivity contribution in [2.45, 2.75) is 0 Å². The Morgan fingerprint density at radius 3 is 2.43 bits per heavy atom. The summed E-state index contributed by atoms with van der Waals surface area (Å²) in [6, 6.07) is 12.2. The Kier molecular flexibility index (Phi) is 4.78. The number of carbonyl (C=O) groups is 1. The normalized spacial score (nSPS) is 19.2. The van der Waals surface area contributed by atoms with Gasteiger partial charge in [-0.25, -0.2) is 17.7 Å². The summed E-state index contributed by atoms with van der Waals surface area (Å²) >= 11 is 0. The highest BCUT2D eigenvalue weighted by molar-refractivity contribution is 7.99. The number of ether oxygens (including phenoxy) is 1. The standard InChI is InChI=1S/C19H20N4O4S/c1-22-19(24)17(18(28(22,25)26)14-5-3-2-4-6-14)21-15-7-8-16(20-13-15)23-9-11-27-12-10-23/h2-8,13,21H,9-12H2,1H3. The molecule has 0 atom stereocenters. The zero-order chi connectivity index (χ0) is 19.7. The predicted molar refractivity (Wildman–Crippen MR) is 106 cm³/mol. The van der Waals surface area contributed by atoms with E-state index in [2.05, 4.69) is 15.2 Å². The molecule has 2 aliphatic rings. The smallest absolute Gasteiger partial charge is 0.285 e. The van der Waals surface area contributed by atoms with Crippen molar-refractivity contribution in [3.8, 4) is 0 Å². The number of sulfonamides is 1. The van der Waals surface area contributed by atoms with Crippen LogP contribution in [0.25, 0.3) is 4.91 Å². The molecule has 0 saturated carbocycles. The molecule has 0 radical (unpaired) electrons. The number of rotatable bonds is 4. The fourth-order valence-electron chi connectivity index (χ4n) is 3.21. The van der Waals surface area contributed by atoms with Gasteiger partial charge in [0.25, 0.3) is 15.9 Å². The largest absolute Gasteiger partial charge is 0.378 e. The summed E-state index contributed by atoms with van der Waals surface area (Å²) in [5.41, 5.74) is 1.02. The zero-order valence-electron chi connectivity index (χ0n) is 15.3. The third-order valence-corrected chi connectivity index (χ3v) is 6.58. The Bertz CT molecular complexity index is 1010. The van der Waals surface area contributed by atoms with Crippen LogP contribution in [0.2, 0.25) is 0 Å². The topological polar surface area (TPSA) is 91.8 Å². The van der Waals surface area contributed by atoms with Crippen LogP contribution in [0.4, 0.5) is 11.5 Å². The molecule has 28 heavy (non-hydrogen) atoms. The van der Waals surface area contributed by atoms with Crippen LogP contribution in [0, 0.1) is 0 Å². The first-order valence-electron chi connectivity index (χ1n) is 8.87. The molecule has 1 aromatic heterocycles. The number of amides is 1. The summed E-state index contributed by atoms with van der Waals surface area (Å²) in [6.07, 6.45) is 1.60. The molecule has 2 aliphatic heterocycles. The van der Waals surface area contributed by atoms with Crippen LogP contribution in [-0.2, 0) is 19.6 Å². The first kappa shape index (κ1) is 18.5. The molecular weight excluding hydrogens is 380 g/mol. The minimum Gasteiger partial charge on any atom is -0.378 e. The molecule has 8 nitrogen and oxygen atoms in total. The molecule has 2 aromatic rings. The number of hydrogen-bond donors (Lipinski definition) is 1. The van der Waals surface area contributed by atoms with Gasteiger partial charge in [-0.3, -0.25) is 4.79 Å². The van der Waals surface area contributed by atoms with E-state index in [4.69, 9.17) is 4.74 Å². The number of nitrogens with zero attached hydrogens (tertiary/aromatic N) is 3. The summed E-state index contributed by atoms with van der Waals surface area (Å²) in [7, 11) is -2.65. The maximum absolute atomic E-state index is 12.7. The Balaban J connectivity index is 1.67. The molecule has 4 rings (SSSR count). The Morgan fingerprint density at radius 2 is 1.79 bits per heavy atom. The molecule has 0 aliphatic carbocycles. The van der Waals surface area contributed by atoms with Gasteiger partial charge in [-0.15, -0.1) is 0 Å². The summed E-state index contributed by atoms with van der Waals surface area (Å²) in [5.74, 6) is 0.213. The molecule has 146 valence electrons. The van der Waals surface area contributed by atoms with Crippen LogP contribution in [0.3, 0.4) is 0 Å². The lowest BCUT2D eigenvalue weighted by Gasteiger charge is -2.27. The maximum atomic E-state index is 12.7. The first-order chi connectivity index (χ1) is 13.5. The Labute approximate surface area is 163 Å². The van der Waals surface area contributed by atoms with Crippen LogP contribution in [0.15, 0.2) is 54.4 Å². The lowest BCUT2D eigenvalue weighted by molar-refractivity contribution is -0.121. The van der Waals surface area contributed by atoms with Crippen molar-refractivity contribution in [1.29, 1.82) is 0 Å². The number of likely N-dealkylation sites (N-methyl/N-ethyl adjacent to an activating group) is 1. The average Bonchev–Trinajstić information content (AvgIpc) is 2.89. The summed E-state index contributed by atoms with van der Waals surface area (Å²) < 4.78 is 31.6. The molecule has 1 saturated heterocycles. The number of nitrogens with one attached hydrogen (secondary N) is 1. The van der Waals surface area contributed by atoms with Gasteiger partial charge in [-0.05, 0) is 17.7 Å². The van der Waals surface area contributed by atoms with Crippen molar-refractivity contribution >= 4 is 32.3 Å². The van der Waals surface area contributed by atoms with Gasteiger partial charge < -0.3 is 15.0 Å². The second kappa shape index (κ2) is 7.25. The summed E-state index contributed by atoms with van der Waals surface area (Å²) in [6.45, 7) is 2.86. The number of benzene rings is 1. The van der Waals surface area contributed by atoms with Gasteiger partial charge in [-0.2, -0.15) is 0 Å². The van der Waals surface area contributed by atoms with Crippen molar-refractivity contribution in [1.82, 2.24) is 9.29 Å². The van der Waals surface area contributed by atoms with E-state index in [9.17, 15) is 13.2 Å². The van der Waals surface area contributed by atoms with E-state index in [0.29, 0.717) is 24.5 Å². The minimum absolute atomic E-state index is 0.0228. The van der Waals surface area contributed by atoms with E-state index in [0.717, 1.165) is 23.2 Å². The van der Waals surface area contributed by atoms with Gasteiger partial charge in [0.15, 0.2) is 0 Å². The molecule has 3 heterocycles. The zero-order valence-corrected chi connectivity index (χ0v) is 16.1. The van der Waals surface area contributed by atoms with Gasteiger partial charge in [-0.1, -0.05) is 30.3 Å². The molecule has 9 heteroatoms. The fraction of sp³-hybridized carbons (Fsp3) is 0.263. The number of anilines is 2. The molecule has 0 spiro atoms. The van der Waals surface area contributed by atoms with Crippen LogP contribution < -0.4 is 10.2 Å². The minimum atomic E-state index is -3.90. The number of morpholine rings is 1. The van der Waals surface area contributed by atoms with Gasteiger partial charge >= 0.3 is 0 Å². The maximum Gasteiger partial charge on any atom is 0.285 e. The number of hydrogen-bond acceptors (Lipinski definition) is 7. The lowest BCUT2D eigenvalue weighted by Crippen LogP contribution is -2.36. The third kappa shape index (κ3) is 3.23. The molecular formula is C19H20N4O4S. The average molecular weight is 400 g/mol. The molecule has 0 unspecified atom stereocenters. The Morgan fingerprint density at radius 1 is 1.07 bits per heavy atom. The highest BCUT2D eigenvalue weighted by Gasteiger charge is 2.42. The Hall–Kier alpha value is -2.91. The molecule has 1 N–H and O–H groups in total. The summed E-state index contributed by atoms with van der Waals surface area (Å²) in [4.78, 5) is 19.1. The lowest BCUT2D eigenvalue weighted by atomic mass is 10.2. The third-order valence-electron chi connectivity index (χ3n) is 4.73. The van der Waals surface area contributed by atoms with Gasteiger partial charge in [0.05, 0.1) is 25.1 Å². The number of pyridine rings is 1. The van der Waals surface area contributed by atoms with E-state index in [1.807, 2.05) is 6.07 Å². The second-order valence-electron chi connectivity index (χ2n) is 6.48. The van der Waals surface area contributed by atoms with Crippen LogP contribution in [0.1, 0.15) is 5.56 Å². The van der Waals surface area contributed by atoms with E-state index in [1.54, 1.807) is 42.6 Å². The second-order valence-corrected chi connectivity index (χ2v) is 8.38. The molecule has 1 amide bonds. The van der Waals surface area contributed by atoms with Crippen molar-refractivity contribution < 1.29 is 17.9 Å². The predicted octanol–water partition coefficient (Wildman–Crippen LogP) is 1.50. The quantitative estimate of drug-likeness (QED) is 0.831. The number of carbonyl (C=O) groups excluding carboxylic acids is 1. The van der Waals surface area contributed by atoms with E-state index >= 15 is 0 Å². The fourth-order valence-corrected chi connectivity index (χ4v) is 4.62. The van der Waals surface area contributed by atoms with Crippen molar-refractivity contribution in [2.24, 2.45) is 0 Å². The van der Waals surface area contributed by atoms with E-state index in [-0.39, 0.29) is 10.6 Å². The monoisotopic (exact) mass is 400 g/mol. The number of aromatic nitrogens is 1. The van der Waals surface area contributed by atoms with Crippen LogP contribution >= 0.6 is 0 Å².